The molecule has 0 fully saturated rings. The lowest BCUT2D eigenvalue weighted by molar-refractivity contribution is -0.116. The number of carbonyl (C=O) groups is 2. The fourth-order valence-corrected chi connectivity index (χ4v) is 4.15. The number of carbonyl (C=O) groups excluding carboxylic acids is 2. The molecule has 0 spiro atoms. The monoisotopic (exact) mass is 456 g/mol. The topological polar surface area (TPSA) is 126 Å². The summed E-state index contributed by atoms with van der Waals surface area (Å²) in [4.78, 5) is 27.8. The summed E-state index contributed by atoms with van der Waals surface area (Å²) in [6.07, 6.45) is 1.49. The number of hydrogen-bond donors (Lipinski definition) is 2. The quantitative estimate of drug-likeness (QED) is 0.561. The van der Waals surface area contributed by atoms with Crippen LogP contribution in [0.4, 0.5) is 11.4 Å². The van der Waals surface area contributed by atoms with Crippen molar-refractivity contribution in [2.45, 2.75) is 25.7 Å². The molecule has 2 amide bonds. The Kier molecular flexibility index (Phi) is 6.70. The molecule has 0 atom stereocenters. The van der Waals surface area contributed by atoms with Gasteiger partial charge in [-0.15, -0.1) is 0 Å². The predicted octanol–water partition coefficient (Wildman–Crippen LogP) is 2.10. The van der Waals surface area contributed by atoms with Crippen LogP contribution in [0.5, 0.6) is 0 Å². The zero-order valence-electron chi connectivity index (χ0n) is 18.2. The van der Waals surface area contributed by atoms with E-state index in [1.165, 1.54) is 44.4 Å². The lowest BCUT2D eigenvalue weighted by atomic mass is 10.3. The zero-order chi connectivity index (χ0) is 23.5. The number of hydrogen-bond acceptors (Lipinski definition) is 6. The predicted molar refractivity (Wildman–Crippen MR) is 120 cm³/mol. The fourth-order valence-electron chi connectivity index (χ4n) is 3.03. The van der Waals surface area contributed by atoms with Crippen molar-refractivity contribution < 1.29 is 18.0 Å². The van der Waals surface area contributed by atoms with Crippen molar-refractivity contribution in [1.29, 1.82) is 0 Å². The average Bonchev–Trinajstić information content (AvgIpc) is 3.06. The Labute approximate surface area is 186 Å². The highest BCUT2D eigenvalue weighted by Crippen LogP contribution is 2.18. The number of benzene rings is 1. The molecule has 0 aliphatic carbocycles. The van der Waals surface area contributed by atoms with Crippen LogP contribution >= 0.6 is 0 Å². The first-order valence-corrected chi connectivity index (χ1v) is 11.1. The van der Waals surface area contributed by atoms with Crippen LogP contribution in [0.15, 0.2) is 53.6 Å². The number of sulfonamides is 1. The van der Waals surface area contributed by atoms with Crippen LogP contribution in [0.1, 0.15) is 18.3 Å². The van der Waals surface area contributed by atoms with Crippen molar-refractivity contribution >= 4 is 33.2 Å². The molecule has 0 radical (unpaired) electrons. The van der Waals surface area contributed by atoms with Crippen molar-refractivity contribution in [1.82, 2.24) is 19.1 Å². The number of nitrogens with zero attached hydrogens (tertiary/aromatic N) is 4. The molecule has 0 aliphatic heterocycles. The number of nitrogens with one attached hydrogen (secondary N) is 2. The van der Waals surface area contributed by atoms with E-state index in [0.717, 1.165) is 15.7 Å². The number of amides is 2. The summed E-state index contributed by atoms with van der Waals surface area (Å²) in [5.74, 6) is -0.158. The Morgan fingerprint density at radius 2 is 1.69 bits per heavy atom. The van der Waals surface area contributed by atoms with Crippen LogP contribution in [0.2, 0.25) is 0 Å². The van der Waals surface area contributed by atoms with Crippen molar-refractivity contribution in [3.05, 3.63) is 60.0 Å². The van der Waals surface area contributed by atoms with E-state index < -0.39 is 15.9 Å². The molecule has 10 nitrogen and oxygen atoms in total. The minimum Gasteiger partial charge on any atom is -0.326 e. The molecule has 2 N–H and O–H groups in total. The normalized spacial score (nSPS) is 11.4. The third-order valence-corrected chi connectivity index (χ3v) is 6.32. The summed E-state index contributed by atoms with van der Waals surface area (Å²) in [5.41, 5.74) is 2.72. The van der Waals surface area contributed by atoms with Gasteiger partial charge < -0.3 is 10.6 Å². The molecule has 11 heteroatoms. The van der Waals surface area contributed by atoms with Gasteiger partial charge in [0.15, 0.2) is 5.82 Å². The summed E-state index contributed by atoms with van der Waals surface area (Å²) in [6.45, 7) is 4.79. The first-order chi connectivity index (χ1) is 15.1. The van der Waals surface area contributed by atoms with Crippen molar-refractivity contribution in [2.24, 2.45) is 0 Å². The van der Waals surface area contributed by atoms with E-state index in [2.05, 4.69) is 20.7 Å². The molecule has 2 aromatic heterocycles. The number of likely N-dealkylation sites (N-methyl/N-ethyl adjacent to an activating group) is 1. The van der Waals surface area contributed by atoms with Crippen molar-refractivity contribution in [3.8, 4) is 5.82 Å². The lowest BCUT2D eigenvalue weighted by Gasteiger charge is -2.17. The molecule has 32 heavy (non-hydrogen) atoms. The molecule has 0 saturated heterocycles. The summed E-state index contributed by atoms with van der Waals surface area (Å²) < 4.78 is 28.1. The van der Waals surface area contributed by atoms with E-state index in [-0.39, 0.29) is 17.3 Å². The van der Waals surface area contributed by atoms with Crippen LogP contribution in [0.3, 0.4) is 0 Å². The number of pyridine rings is 1. The molecule has 3 rings (SSSR count). The maximum atomic E-state index is 12.7. The second-order valence-corrected chi connectivity index (χ2v) is 9.30. The maximum absolute atomic E-state index is 12.7. The van der Waals surface area contributed by atoms with Gasteiger partial charge in [-0.1, -0.05) is 0 Å². The van der Waals surface area contributed by atoms with Crippen LogP contribution in [-0.4, -0.2) is 52.9 Å². The number of anilines is 2. The Bertz CT molecular complexity index is 1230. The summed E-state index contributed by atoms with van der Waals surface area (Å²) in [6, 6.07) is 11.0. The van der Waals surface area contributed by atoms with E-state index in [9.17, 15) is 18.0 Å². The van der Waals surface area contributed by atoms with Gasteiger partial charge in [-0.2, -0.15) is 9.40 Å². The molecule has 1 aromatic carbocycles. The van der Waals surface area contributed by atoms with Gasteiger partial charge in [0.25, 0.3) is 0 Å². The molecule has 0 bridgehead atoms. The summed E-state index contributed by atoms with van der Waals surface area (Å²) in [7, 11) is -2.56. The second-order valence-electron chi connectivity index (χ2n) is 7.26. The van der Waals surface area contributed by atoms with E-state index in [4.69, 9.17) is 0 Å². The highest BCUT2D eigenvalue weighted by molar-refractivity contribution is 7.89. The third-order valence-electron chi connectivity index (χ3n) is 4.51. The standard InChI is InChI=1S/C21H24N6O4S/c1-14-11-15(2)27(25-14)20-10-7-18(12-22-20)24-21(29)13-26(4)32(30,31)19-8-5-17(6-9-19)23-16(3)28/h5-12H,13H2,1-4H3,(H,23,28)(H,24,29). The number of aryl methyl sites for hydroxylation is 2. The van der Waals surface area contributed by atoms with Gasteiger partial charge in [-0.25, -0.2) is 18.1 Å². The first kappa shape index (κ1) is 23.1. The van der Waals surface area contributed by atoms with E-state index in [0.29, 0.717) is 17.2 Å². The van der Waals surface area contributed by atoms with Gasteiger partial charge >= 0.3 is 0 Å². The number of rotatable bonds is 7. The van der Waals surface area contributed by atoms with E-state index >= 15 is 0 Å². The Morgan fingerprint density at radius 3 is 2.22 bits per heavy atom. The fraction of sp³-hybridized carbons (Fsp3) is 0.238. The Hall–Kier alpha value is -3.57. The van der Waals surface area contributed by atoms with Crippen LogP contribution in [0, 0.1) is 13.8 Å². The highest BCUT2D eigenvalue weighted by atomic mass is 32.2. The summed E-state index contributed by atoms with van der Waals surface area (Å²) >= 11 is 0. The van der Waals surface area contributed by atoms with Crippen LogP contribution < -0.4 is 10.6 Å². The van der Waals surface area contributed by atoms with Gasteiger partial charge in [-0.05, 0) is 56.3 Å². The summed E-state index contributed by atoms with van der Waals surface area (Å²) in [5, 5.41) is 9.57. The largest absolute Gasteiger partial charge is 0.326 e. The van der Waals surface area contributed by atoms with Crippen molar-refractivity contribution in [2.75, 3.05) is 24.2 Å². The highest BCUT2D eigenvalue weighted by Gasteiger charge is 2.23. The van der Waals surface area contributed by atoms with E-state index in [1.807, 2.05) is 19.9 Å². The minimum absolute atomic E-state index is 0.0119. The second kappa shape index (κ2) is 9.28. The molecule has 2 heterocycles. The molecule has 0 aliphatic rings. The smallest absolute Gasteiger partial charge is 0.243 e. The molecule has 0 saturated carbocycles. The van der Waals surface area contributed by atoms with Gasteiger partial charge in [0, 0.05) is 25.4 Å². The van der Waals surface area contributed by atoms with Gasteiger partial charge in [-0.3, -0.25) is 9.59 Å². The molecular weight excluding hydrogens is 432 g/mol. The molecule has 3 aromatic rings. The SMILES string of the molecule is CC(=O)Nc1ccc(S(=O)(=O)N(C)CC(=O)Nc2ccc(-n3nc(C)cc3C)nc2)cc1. The number of aromatic nitrogens is 3. The van der Waals surface area contributed by atoms with Crippen LogP contribution in [-0.2, 0) is 19.6 Å². The van der Waals surface area contributed by atoms with Crippen LogP contribution in [0.25, 0.3) is 5.82 Å². The average molecular weight is 457 g/mol. The minimum atomic E-state index is -3.88. The van der Waals surface area contributed by atoms with Gasteiger partial charge in [0.2, 0.25) is 21.8 Å². The Morgan fingerprint density at radius 1 is 1.03 bits per heavy atom. The maximum Gasteiger partial charge on any atom is 0.243 e. The third kappa shape index (κ3) is 5.37. The van der Waals surface area contributed by atoms with Gasteiger partial charge in [0.05, 0.1) is 29.0 Å². The van der Waals surface area contributed by atoms with E-state index in [1.54, 1.807) is 16.8 Å². The van der Waals surface area contributed by atoms with Crippen molar-refractivity contribution in [3.63, 3.8) is 0 Å². The Balaban J connectivity index is 1.63. The molecule has 0 unspecified atom stereocenters. The zero-order valence-corrected chi connectivity index (χ0v) is 19.0. The lowest BCUT2D eigenvalue weighted by Crippen LogP contribution is -2.35. The molecular formula is C21H24N6O4S. The van der Waals surface area contributed by atoms with Gasteiger partial charge in [0.1, 0.15) is 0 Å². The molecule has 168 valence electrons. The first-order valence-electron chi connectivity index (χ1n) is 9.70.